The maximum Gasteiger partial charge on any atom is 0.258 e. The molecule has 3 rings (SSSR count). The number of aliphatic hydroxyl groups excluding tert-OH is 1. The van der Waals surface area contributed by atoms with Crippen LogP contribution in [0.4, 0.5) is 0 Å². The summed E-state index contributed by atoms with van der Waals surface area (Å²) in [6.45, 7) is 9.13. The number of rotatable bonds is 8. The molecule has 0 amide bonds. The number of likely N-dealkylation sites (tertiary alicyclic amines) is 1. The number of nitrogens with zero attached hydrogens (tertiary/aromatic N) is 3. The summed E-state index contributed by atoms with van der Waals surface area (Å²) in [5.41, 5.74) is 0.446. The van der Waals surface area contributed by atoms with Crippen LogP contribution in [-0.4, -0.2) is 63.7 Å². The standard InChI is InChI=1S/C21H31ClN4O2/c1-3-8-26(13-17(27)12-25-9-6-15(2)7-10-25)14-20-23-19-11-16(22)4-5-18(19)21(28)24-20/h4-5,11,15,17,27H,3,6-10,12-14H2,1-2H3,(H,23,24,28). The number of H-pyrrole nitrogens is 1. The van der Waals surface area contributed by atoms with E-state index in [1.165, 1.54) is 12.8 Å². The Morgan fingerprint density at radius 3 is 2.86 bits per heavy atom. The second-order valence-electron chi connectivity index (χ2n) is 8.05. The predicted octanol–water partition coefficient (Wildman–Crippen LogP) is 2.88. The van der Waals surface area contributed by atoms with Gasteiger partial charge in [-0.05, 0) is 63.0 Å². The van der Waals surface area contributed by atoms with Crippen LogP contribution in [0, 0.1) is 5.92 Å². The first kappa shape index (κ1) is 21.2. The van der Waals surface area contributed by atoms with Gasteiger partial charge in [0.05, 0.1) is 23.6 Å². The Balaban J connectivity index is 1.65. The number of hydrogen-bond donors (Lipinski definition) is 2. The third kappa shape index (κ3) is 5.77. The fourth-order valence-corrected chi connectivity index (χ4v) is 4.06. The highest BCUT2D eigenvalue weighted by Crippen LogP contribution is 2.17. The molecule has 28 heavy (non-hydrogen) atoms. The maximum absolute atomic E-state index is 12.3. The third-order valence-electron chi connectivity index (χ3n) is 5.44. The van der Waals surface area contributed by atoms with Crippen LogP contribution in [0.1, 0.15) is 38.9 Å². The number of aromatic nitrogens is 2. The number of piperidine rings is 1. The van der Waals surface area contributed by atoms with E-state index in [2.05, 4.69) is 33.6 Å². The molecule has 0 spiro atoms. The summed E-state index contributed by atoms with van der Waals surface area (Å²) in [7, 11) is 0. The van der Waals surface area contributed by atoms with E-state index in [0.717, 1.165) is 32.0 Å². The summed E-state index contributed by atoms with van der Waals surface area (Å²) in [5, 5.41) is 11.7. The number of aromatic amines is 1. The Morgan fingerprint density at radius 1 is 1.39 bits per heavy atom. The molecule has 1 saturated heterocycles. The van der Waals surface area contributed by atoms with Crippen molar-refractivity contribution in [3.05, 3.63) is 39.4 Å². The molecule has 0 bridgehead atoms. The Hall–Kier alpha value is -1.47. The van der Waals surface area contributed by atoms with Crippen molar-refractivity contribution in [1.82, 2.24) is 19.8 Å². The summed E-state index contributed by atoms with van der Waals surface area (Å²) in [6.07, 6.45) is 2.96. The molecule has 2 heterocycles. The number of halogens is 1. The number of hydrogen-bond acceptors (Lipinski definition) is 5. The van der Waals surface area contributed by atoms with Gasteiger partial charge in [0.1, 0.15) is 5.82 Å². The molecule has 1 unspecified atom stereocenters. The second-order valence-corrected chi connectivity index (χ2v) is 8.48. The van der Waals surface area contributed by atoms with E-state index in [4.69, 9.17) is 11.6 Å². The Labute approximate surface area is 171 Å². The highest BCUT2D eigenvalue weighted by atomic mass is 35.5. The highest BCUT2D eigenvalue weighted by Gasteiger charge is 2.20. The van der Waals surface area contributed by atoms with Gasteiger partial charge in [-0.1, -0.05) is 25.4 Å². The van der Waals surface area contributed by atoms with Crippen LogP contribution in [0.2, 0.25) is 5.02 Å². The molecular weight excluding hydrogens is 376 g/mol. The predicted molar refractivity (Wildman–Crippen MR) is 114 cm³/mol. The molecule has 1 fully saturated rings. The van der Waals surface area contributed by atoms with E-state index in [9.17, 15) is 9.90 Å². The van der Waals surface area contributed by atoms with Gasteiger partial charge < -0.3 is 15.0 Å². The smallest absolute Gasteiger partial charge is 0.258 e. The van der Waals surface area contributed by atoms with Gasteiger partial charge in [0.15, 0.2) is 0 Å². The molecule has 1 aliphatic rings. The zero-order valence-corrected chi connectivity index (χ0v) is 17.6. The molecule has 0 aliphatic carbocycles. The number of β-amino-alcohol motifs (C(OH)–C–C–N with tert-alkyl or cyclic N) is 1. The lowest BCUT2D eigenvalue weighted by Gasteiger charge is -2.33. The first-order valence-electron chi connectivity index (χ1n) is 10.3. The van der Waals surface area contributed by atoms with Crippen molar-refractivity contribution in [3.63, 3.8) is 0 Å². The summed E-state index contributed by atoms with van der Waals surface area (Å²) >= 11 is 6.05. The number of nitrogens with one attached hydrogen (secondary N) is 1. The molecular formula is C21H31ClN4O2. The maximum atomic E-state index is 12.3. The van der Waals surface area contributed by atoms with E-state index in [-0.39, 0.29) is 5.56 Å². The fourth-order valence-electron chi connectivity index (χ4n) is 3.90. The summed E-state index contributed by atoms with van der Waals surface area (Å²) < 4.78 is 0. The summed E-state index contributed by atoms with van der Waals surface area (Å²) in [4.78, 5) is 24.3. The van der Waals surface area contributed by atoms with Crippen LogP contribution in [-0.2, 0) is 6.54 Å². The molecule has 1 aromatic heterocycles. The first-order valence-corrected chi connectivity index (χ1v) is 10.6. The molecule has 1 aromatic carbocycles. The van der Waals surface area contributed by atoms with Crippen molar-refractivity contribution in [1.29, 1.82) is 0 Å². The summed E-state index contributed by atoms with van der Waals surface area (Å²) in [6, 6.07) is 5.11. The van der Waals surface area contributed by atoms with Crippen LogP contribution < -0.4 is 5.56 Å². The fraction of sp³-hybridized carbons (Fsp3) is 0.619. The van der Waals surface area contributed by atoms with Crippen LogP contribution in [0.25, 0.3) is 10.9 Å². The van der Waals surface area contributed by atoms with Gasteiger partial charge in [0, 0.05) is 18.1 Å². The second kappa shape index (κ2) is 9.83. The molecule has 2 aromatic rings. The normalized spacial score (nSPS) is 17.5. The lowest BCUT2D eigenvalue weighted by Crippen LogP contribution is -2.43. The van der Waals surface area contributed by atoms with E-state index >= 15 is 0 Å². The van der Waals surface area contributed by atoms with Gasteiger partial charge >= 0.3 is 0 Å². The minimum Gasteiger partial charge on any atom is -0.390 e. The average molecular weight is 407 g/mol. The van der Waals surface area contributed by atoms with Crippen LogP contribution in [0.15, 0.2) is 23.0 Å². The van der Waals surface area contributed by atoms with E-state index < -0.39 is 6.10 Å². The zero-order valence-electron chi connectivity index (χ0n) is 16.8. The van der Waals surface area contributed by atoms with Crippen LogP contribution >= 0.6 is 11.6 Å². The quantitative estimate of drug-likeness (QED) is 0.705. The molecule has 6 nitrogen and oxygen atoms in total. The van der Waals surface area contributed by atoms with Crippen molar-refractivity contribution >= 4 is 22.5 Å². The Bertz CT molecular complexity index is 833. The van der Waals surface area contributed by atoms with Crippen LogP contribution in [0.3, 0.4) is 0 Å². The Morgan fingerprint density at radius 2 is 2.14 bits per heavy atom. The summed E-state index contributed by atoms with van der Waals surface area (Å²) in [5.74, 6) is 1.39. The average Bonchev–Trinajstić information content (AvgIpc) is 2.63. The van der Waals surface area contributed by atoms with Crippen molar-refractivity contribution in [2.45, 2.75) is 45.8 Å². The third-order valence-corrected chi connectivity index (χ3v) is 5.68. The van der Waals surface area contributed by atoms with Gasteiger partial charge in [0.25, 0.3) is 5.56 Å². The van der Waals surface area contributed by atoms with Gasteiger partial charge in [0.2, 0.25) is 0 Å². The molecule has 0 radical (unpaired) electrons. The van der Waals surface area contributed by atoms with Crippen molar-refractivity contribution in [2.24, 2.45) is 5.92 Å². The van der Waals surface area contributed by atoms with Gasteiger partial charge in [-0.3, -0.25) is 9.69 Å². The monoisotopic (exact) mass is 406 g/mol. The van der Waals surface area contributed by atoms with Crippen molar-refractivity contribution < 1.29 is 5.11 Å². The molecule has 2 N–H and O–H groups in total. The number of benzene rings is 1. The molecule has 0 saturated carbocycles. The van der Waals surface area contributed by atoms with Gasteiger partial charge in [-0.25, -0.2) is 4.98 Å². The van der Waals surface area contributed by atoms with E-state index in [1.54, 1.807) is 18.2 Å². The largest absolute Gasteiger partial charge is 0.390 e. The van der Waals surface area contributed by atoms with Gasteiger partial charge in [-0.2, -0.15) is 0 Å². The Kier molecular flexibility index (Phi) is 7.46. The lowest BCUT2D eigenvalue weighted by atomic mass is 9.99. The molecule has 7 heteroatoms. The topological polar surface area (TPSA) is 72.5 Å². The van der Waals surface area contributed by atoms with Crippen LogP contribution in [0.5, 0.6) is 0 Å². The molecule has 1 aliphatic heterocycles. The molecule has 154 valence electrons. The number of fused-ring (bicyclic) bond motifs is 1. The minimum absolute atomic E-state index is 0.156. The highest BCUT2D eigenvalue weighted by molar-refractivity contribution is 6.31. The SMILES string of the molecule is CCCN(Cc1nc2cc(Cl)ccc2c(=O)[nH]1)CC(O)CN1CCC(C)CC1. The van der Waals surface area contributed by atoms with E-state index in [0.29, 0.717) is 41.4 Å². The van der Waals surface area contributed by atoms with Gasteiger partial charge in [-0.15, -0.1) is 0 Å². The zero-order chi connectivity index (χ0) is 20.1. The number of aliphatic hydroxyl groups is 1. The lowest BCUT2D eigenvalue weighted by molar-refractivity contribution is 0.0584. The first-order chi connectivity index (χ1) is 13.4. The minimum atomic E-state index is -0.415. The van der Waals surface area contributed by atoms with Crippen molar-refractivity contribution in [3.8, 4) is 0 Å². The van der Waals surface area contributed by atoms with E-state index in [1.807, 2.05) is 0 Å². The van der Waals surface area contributed by atoms with Crippen molar-refractivity contribution in [2.75, 3.05) is 32.7 Å². The molecule has 1 atom stereocenters.